The molecule has 1 saturated heterocycles. The van der Waals surface area contributed by atoms with Crippen LogP contribution in [0.15, 0.2) is 12.3 Å². The fourth-order valence-corrected chi connectivity index (χ4v) is 2.45. The molecule has 0 aromatic carbocycles. The molecule has 0 radical (unpaired) electrons. The van der Waals surface area contributed by atoms with Crippen molar-refractivity contribution in [2.75, 3.05) is 18.4 Å². The van der Waals surface area contributed by atoms with Crippen LogP contribution in [0, 0.1) is 23.0 Å². The number of aryl methyl sites for hydroxylation is 1. The van der Waals surface area contributed by atoms with Crippen molar-refractivity contribution in [3.63, 3.8) is 0 Å². The third-order valence-electron chi connectivity index (χ3n) is 3.68. The van der Waals surface area contributed by atoms with Gasteiger partial charge in [-0.15, -0.1) is 0 Å². The highest BCUT2D eigenvalue weighted by Gasteiger charge is 2.20. The van der Waals surface area contributed by atoms with E-state index in [-0.39, 0.29) is 5.69 Å². The van der Waals surface area contributed by atoms with Crippen LogP contribution in [-0.2, 0) is 0 Å². The molecule has 1 aromatic rings. The smallest absolute Gasteiger partial charge is 0.287 e. The normalized spacial score (nSPS) is 20.8. The maximum absolute atomic E-state index is 10.7. The summed E-state index contributed by atoms with van der Waals surface area (Å²) >= 11 is 0. The minimum Gasteiger partial charge on any atom is -0.367 e. The summed E-state index contributed by atoms with van der Waals surface area (Å²) in [4.78, 5) is 14.4. The minimum atomic E-state index is -0.418. The minimum absolute atomic E-state index is 0.0371. The lowest BCUT2D eigenvalue weighted by Crippen LogP contribution is -2.39. The molecule has 1 aromatic heterocycles. The number of nitrogens with one attached hydrogen (secondary N) is 2. The molecular weight excluding hydrogens is 244 g/mol. The number of nitrogens with zero attached hydrogens (tertiary/aromatic N) is 2. The van der Waals surface area contributed by atoms with Gasteiger partial charge in [0.2, 0.25) is 0 Å². The van der Waals surface area contributed by atoms with Gasteiger partial charge in [0.15, 0.2) is 0 Å². The molecule has 2 rings (SSSR count). The largest absolute Gasteiger partial charge is 0.367 e. The van der Waals surface area contributed by atoms with Crippen molar-refractivity contribution >= 4 is 11.5 Å². The van der Waals surface area contributed by atoms with Crippen LogP contribution in [0.5, 0.6) is 0 Å². The number of anilines is 1. The zero-order valence-electron chi connectivity index (χ0n) is 11.3. The van der Waals surface area contributed by atoms with Gasteiger partial charge in [-0.25, -0.2) is 4.98 Å². The molecule has 0 spiro atoms. The maximum atomic E-state index is 10.7. The van der Waals surface area contributed by atoms with Gasteiger partial charge in [0.1, 0.15) is 12.0 Å². The van der Waals surface area contributed by atoms with Gasteiger partial charge >= 0.3 is 0 Å². The highest BCUT2D eigenvalue weighted by Crippen LogP contribution is 2.22. The Balaban J connectivity index is 2.03. The third-order valence-corrected chi connectivity index (χ3v) is 3.68. The Morgan fingerprint density at radius 2 is 2.42 bits per heavy atom. The van der Waals surface area contributed by atoms with Crippen LogP contribution in [0.3, 0.4) is 0 Å². The SMILES string of the molecule is Cc1cc([N+](=O)[O-])cnc1NC(C)C1CCCNC1. The Bertz CT molecular complexity index is 458. The van der Waals surface area contributed by atoms with Gasteiger partial charge in [-0.2, -0.15) is 0 Å². The van der Waals surface area contributed by atoms with Gasteiger partial charge in [-0.05, 0) is 51.3 Å². The second-order valence-corrected chi connectivity index (χ2v) is 5.16. The van der Waals surface area contributed by atoms with E-state index in [9.17, 15) is 10.1 Å². The van der Waals surface area contributed by atoms with Crippen molar-refractivity contribution in [2.24, 2.45) is 5.92 Å². The molecule has 104 valence electrons. The second kappa shape index (κ2) is 5.97. The van der Waals surface area contributed by atoms with E-state index < -0.39 is 4.92 Å². The quantitative estimate of drug-likeness (QED) is 0.643. The number of pyridine rings is 1. The average Bonchev–Trinajstić information content (AvgIpc) is 2.41. The van der Waals surface area contributed by atoms with Crippen molar-refractivity contribution in [1.29, 1.82) is 0 Å². The summed E-state index contributed by atoms with van der Waals surface area (Å²) in [6.07, 6.45) is 3.71. The Morgan fingerprint density at radius 1 is 1.63 bits per heavy atom. The lowest BCUT2D eigenvalue weighted by Gasteiger charge is -2.29. The maximum Gasteiger partial charge on any atom is 0.287 e. The van der Waals surface area contributed by atoms with Crippen LogP contribution in [0.25, 0.3) is 0 Å². The molecule has 2 atom stereocenters. The molecule has 1 aliphatic rings. The molecule has 1 fully saturated rings. The highest BCUT2D eigenvalue weighted by molar-refractivity contribution is 5.48. The molecule has 2 N–H and O–H groups in total. The van der Waals surface area contributed by atoms with Gasteiger partial charge in [0, 0.05) is 12.1 Å². The molecule has 0 bridgehead atoms. The number of rotatable bonds is 4. The summed E-state index contributed by atoms with van der Waals surface area (Å²) < 4.78 is 0. The summed E-state index contributed by atoms with van der Waals surface area (Å²) in [5.41, 5.74) is 0.847. The molecule has 1 aliphatic heterocycles. The van der Waals surface area contributed by atoms with E-state index in [2.05, 4.69) is 22.5 Å². The zero-order valence-corrected chi connectivity index (χ0v) is 11.3. The van der Waals surface area contributed by atoms with Crippen LogP contribution in [0.2, 0.25) is 0 Å². The Hall–Kier alpha value is -1.69. The number of aromatic nitrogens is 1. The van der Waals surface area contributed by atoms with E-state index in [0.717, 1.165) is 24.5 Å². The fourth-order valence-electron chi connectivity index (χ4n) is 2.45. The molecule has 6 heteroatoms. The first-order valence-electron chi connectivity index (χ1n) is 6.66. The van der Waals surface area contributed by atoms with Crippen LogP contribution < -0.4 is 10.6 Å². The van der Waals surface area contributed by atoms with E-state index in [1.807, 2.05) is 6.92 Å². The third kappa shape index (κ3) is 3.41. The summed E-state index contributed by atoms with van der Waals surface area (Å²) in [7, 11) is 0. The molecule has 2 unspecified atom stereocenters. The summed E-state index contributed by atoms with van der Waals surface area (Å²) in [5, 5.41) is 17.4. The Morgan fingerprint density at radius 3 is 3.00 bits per heavy atom. The fraction of sp³-hybridized carbons (Fsp3) is 0.615. The van der Waals surface area contributed by atoms with Gasteiger partial charge in [-0.1, -0.05) is 0 Å². The number of hydrogen-bond acceptors (Lipinski definition) is 5. The number of hydrogen-bond donors (Lipinski definition) is 2. The summed E-state index contributed by atoms with van der Waals surface area (Å²) in [5.74, 6) is 1.31. The van der Waals surface area contributed by atoms with Crippen molar-refractivity contribution in [3.05, 3.63) is 27.9 Å². The van der Waals surface area contributed by atoms with E-state index in [1.54, 1.807) is 6.07 Å². The molecular formula is C13H20N4O2. The van der Waals surface area contributed by atoms with Gasteiger partial charge < -0.3 is 10.6 Å². The average molecular weight is 264 g/mol. The summed E-state index contributed by atoms with van der Waals surface area (Å²) in [6, 6.07) is 1.86. The van der Waals surface area contributed by atoms with Gasteiger partial charge in [0.05, 0.1) is 4.92 Å². The molecule has 0 saturated carbocycles. The van der Waals surface area contributed by atoms with E-state index in [0.29, 0.717) is 12.0 Å². The molecule has 0 amide bonds. The number of piperidine rings is 1. The zero-order chi connectivity index (χ0) is 13.8. The van der Waals surface area contributed by atoms with E-state index in [1.165, 1.54) is 19.0 Å². The van der Waals surface area contributed by atoms with Crippen LogP contribution in [0.1, 0.15) is 25.3 Å². The molecule has 19 heavy (non-hydrogen) atoms. The van der Waals surface area contributed by atoms with E-state index >= 15 is 0 Å². The van der Waals surface area contributed by atoms with Crippen molar-refractivity contribution in [3.8, 4) is 0 Å². The molecule has 6 nitrogen and oxygen atoms in total. The van der Waals surface area contributed by atoms with Gasteiger partial charge in [0.25, 0.3) is 5.69 Å². The standard InChI is InChI=1S/C13H20N4O2/c1-9-6-12(17(18)19)8-15-13(9)16-10(2)11-4-3-5-14-7-11/h6,8,10-11,14H,3-5,7H2,1-2H3,(H,15,16). The first-order valence-corrected chi connectivity index (χ1v) is 6.66. The monoisotopic (exact) mass is 264 g/mol. The molecule has 2 heterocycles. The van der Waals surface area contributed by atoms with Crippen LogP contribution in [-0.4, -0.2) is 29.0 Å². The van der Waals surface area contributed by atoms with Crippen LogP contribution in [0.4, 0.5) is 11.5 Å². The number of nitro groups is 1. The lowest BCUT2D eigenvalue weighted by atomic mass is 9.93. The first-order chi connectivity index (χ1) is 9.08. The Labute approximate surface area is 112 Å². The molecule has 0 aliphatic carbocycles. The summed E-state index contributed by atoms with van der Waals surface area (Å²) in [6.45, 7) is 6.09. The van der Waals surface area contributed by atoms with E-state index in [4.69, 9.17) is 0 Å². The first kappa shape index (κ1) is 13.7. The second-order valence-electron chi connectivity index (χ2n) is 5.16. The predicted molar refractivity (Wildman–Crippen MR) is 74.3 cm³/mol. The Kier molecular flexibility index (Phi) is 4.31. The predicted octanol–water partition coefficient (Wildman–Crippen LogP) is 2.10. The highest BCUT2D eigenvalue weighted by atomic mass is 16.6. The van der Waals surface area contributed by atoms with Crippen molar-refractivity contribution in [2.45, 2.75) is 32.7 Å². The topological polar surface area (TPSA) is 80.1 Å². The van der Waals surface area contributed by atoms with Crippen molar-refractivity contribution in [1.82, 2.24) is 10.3 Å². The van der Waals surface area contributed by atoms with Crippen LogP contribution >= 0.6 is 0 Å². The van der Waals surface area contributed by atoms with Gasteiger partial charge in [-0.3, -0.25) is 10.1 Å². The van der Waals surface area contributed by atoms with Crippen molar-refractivity contribution < 1.29 is 4.92 Å². The lowest BCUT2D eigenvalue weighted by molar-refractivity contribution is -0.385.